The molecule has 0 rings (SSSR count). The SMILES string of the molecule is CC/C=C\C/C=C\C/C=C\C/C=C\C/C=C\CCCCCC(=O)OC(/C=C/CCCCCCCCCCC)C(COP(=O)([O-])OCC[N+](C)(C)C)NC(=O)CCCCCCCCCCC/C=C/CCCCCCCC. The number of hydrogen-bond acceptors (Lipinski definition) is 7. The molecular formula is C65H117N2O7P. The first kappa shape index (κ1) is 72.2. The Morgan fingerprint density at radius 3 is 1.31 bits per heavy atom. The summed E-state index contributed by atoms with van der Waals surface area (Å²) >= 11 is 0. The van der Waals surface area contributed by atoms with Crippen molar-refractivity contribution in [2.75, 3.05) is 40.9 Å². The molecule has 3 unspecified atom stereocenters. The minimum Gasteiger partial charge on any atom is -0.756 e. The van der Waals surface area contributed by atoms with E-state index in [4.69, 9.17) is 13.8 Å². The van der Waals surface area contributed by atoms with E-state index in [-0.39, 0.29) is 24.9 Å². The van der Waals surface area contributed by atoms with Crippen LogP contribution in [-0.4, -0.2) is 69.4 Å². The van der Waals surface area contributed by atoms with Gasteiger partial charge in [0.05, 0.1) is 33.8 Å². The lowest BCUT2D eigenvalue weighted by Crippen LogP contribution is -2.47. The molecule has 0 heterocycles. The second-order valence-corrected chi connectivity index (χ2v) is 23.2. The van der Waals surface area contributed by atoms with Gasteiger partial charge >= 0.3 is 5.97 Å². The van der Waals surface area contributed by atoms with E-state index in [0.717, 1.165) is 96.3 Å². The Balaban J connectivity index is 5.29. The normalized spacial score (nSPS) is 14.3. The Hall–Kier alpha value is -2.81. The molecule has 434 valence electrons. The van der Waals surface area contributed by atoms with Crippen LogP contribution in [0.3, 0.4) is 0 Å². The fraction of sp³-hybridized carbons (Fsp3) is 0.754. The lowest BCUT2D eigenvalue weighted by molar-refractivity contribution is -0.870. The van der Waals surface area contributed by atoms with Gasteiger partial charge in [-0.1, -0.05) is 235 Å². The molecule has 0 bridgehead atoms. The summed E-state index contributed by atoms with van der Waals surface area (Å²) in [5.74, 6) is -0.582. The highest BCUT2D eigenvalue weighted by atomic mass is 31.2. The minimum atomic E-state index is -4.71. The Kier molecular flexibility index (Phi) is 52.5. The zero-order valence-electron chi connectivity index (χ0n) is 49.5. The zero-order chi connectivity index (χ0) is 55.0. The number of esters is 1. The number of ether oxygens (including phenoxy) is 1. The van der Waals surface area contributed by atoms with Crippen LogP contribution in [0.4, 0.5) is 0 Å². The quantitative estimate of drug-likeness (QED) is 0.0212. The van der Waals surface area contributed by atoms with Gasteiger partial charge in [-0.15, -0.1) is 0 Å². The lowest BCUT2D eigenvalue weighted by atomic mass is 10.0. The Bertz CT molecular complexity index is 1560. The van der Waals surface area contributed by atoms with E-state index >= 15 is 0 Å². The molecule has 0 fully saturated rings. The van der Waals surface area contributed by atoms with E-state index in [9.17, 15) is 19.0 Å². The first-order valence-electron chi connectivity index (χ1n) is 30.9. The van der Waals surface area contributed by atoms with Gasteiger partial charge in [-0.25, -0.2) is 0 Å². The molecule has 0 saturated carbocycles. The van der Waals surface area contributed by atoms with Crippen LogP contribution in [0.5, 0.6) is 0 Å². The van der Waals surface area contributed by atoms with E-state index in [1.807, 2.05) is 33.3 Å². The summed E-state index contributed by atoms with van der Waals surface area (Å²) in [6.45, 7) is 6.70. The molecule has 0 aromatic rings. The Morgan fingerprint density at radius 2 is 0.853 bits per heavy atom. The van der Waals surface area contributed by atoms with Crippen molar-refractivity contribution in [3.8, 4) is 0 Å². The summed E-state index contributed by atoms with van der Waals surface area (Å²) in [6.07, 6.45) is 71.2. The summed E-state index contributed by atoms with van der Waals surface area (Å²) in [6, 6.07) is -0.906. The van der Waals surface area contributed by atoms with Crippen molar-refractivity contribution >= 4 is 19.7 Å². The number of allylic oxidation sites excluding steroid dienone is 13. The van der Waals surface area contributed by atoms with Crippen molar-refractivity contribution in [2.45, 2.75) is 277 Å². The largest absolute Gasteiger partial charge is 0.756 e. The van der Waals surface area contributed by atoms with Crippen LogP contribution < -0.4 is 10.2 Å². The minimum absolute atomic E-state index is 0.0313. The number of carbonyl (C=O) groups is 2. The molecule has 0 aliphatic rings. The standard InChI is InChI=1S/C65H117N2O7P/c1-7-10-13-16-19-22-25-27-29-31-33-35-37-39-42-45-48-51-54-57-64(68)66-62(61-73-75(70,71)72-60-59-67(4,5)6)63(56-53-50-47-44-41-24-21-18-15-12-9-3)74-65(69)58-55-52-49-46-43-40-38-36-34-32-30-28-26-23-20-17-14-11-8-2/h11,14,20,23,27-30,34,36,40,43,53,56,62-63H,7-10,12-13,15-19,21-22,24-26,31-33,35,37-39,41-42,44-52,54-55,57-61H2,1-6H3,(H-,66,68,70,71)/b14-11-,23-20-,29-27+,30-28-,36-34-,43-40-,56-53+. The smallest absolute Gasteiger partial charge is 0.306 e. The molecule has 0 radical (unpaired) electrons. The van der Waals surface area contributed by atoms with Crippen LogP contribution in [0.15, 0.2) is 85.1 Å². The molecule has 9 nitrogen and oxygen atoms in total. The molecule has 75 heavy (non-hydrogen) atoms. The fourth-order valence-corrected chi connectivity index (χ4v) is 9.27. The van der Waals surface area contributed by atoms with Crippen molar-refractivity contribution in [3.63, 3.8) is 0 Å². The Morgan fingerprint density at radius 1 is 0.480 bits per heavy atom. The van der Waals surface area contributed by atoms with Crippen molar-refractivity contribution in [2.24, 2.45) is 0 Å². The molecule has 3 atom stereocenters. The third-order valence-corrected chi connectivity index (χ3v) is 14.3. The van der Waals surface area contributed by atoms with E-state index in [1.54, 1.807) is 0 Å². The number of nitrogens with one attached hydrogen (secondary N) is 1. The molecule has 0 aromatic heterocycles. The van der Waals surface area contributed by atoms with E-state index in [1.165, 1.54) is 128 Å². The number of unbranched alkanes of at least 4 members (excludes halogenated alkanes) is 27. The maximum Gasteiger partial charge on any atom is 0.306 e. The van der Waals surface area contributed by atoms with Gasteiger partial charge in [0.1, 0.15) is 19.3 Å². The maximum atomic E-state index is 13.5. The van der Waals surface area contributed by atoms with Gasteiger partial charge in [0, 0.05) is 12.8 Å². The van der Waals surface area contributed by atoms with Crippen LogP contribution in [-0.2, 0) is 27.9 Å². The van der Waals surface area contributed by atoms with Crippen molar-refractivity contribution in [1.29, 1.82) is 0 Å². The Labute approximate surface area is 463 Å². The molecule has 10 heteroatoms. The molecule has 0 spiro atoms. The molecule has 1 N–H and O–H groups in total. The molecule has 0 aromatic carbocycles. The van der Waals surface area contributed by atoms with Gasteiger partial charge in [-0.3, -0.25) is 14.2 Å². The van der Waals surface area contributed by atoms with Crippen LogP contribution in [0.25, 0.3) is 0 Å². The monoisotopic (exact) mass is 1070 g/mol. The summed E-state index contributed by atoms with van der Waals surface area (Å²) in [4.78, 5) is 39.9. The van der Waals surface area contributed by atoms with Gasteiger partial charge in [0.2, 0.25) is 5.91 Å². The van der Waals surface area contributed by atoms with E-state index in [2.05, 4.69) is 99.0 Å². The van der Waals surface area contributed by atoms with Gasteiger partial charge in [0.25, 0.3) is 7.82 Å². The highest BCUT2D eigenvalue weighted by Gasteiger charge is 2.27. The maximum absolute atomic E-state index is 13.5. The fourth-order valence-electron chi connectivity index (χ4n) is 8.54. The molecule has 1 amide bonds. The summed E-state index contributed by atoms with van der Waals surface area (Å²) < 4.78 is 30.3. The first-order valence-corrected chi connectivity index (χ1v) is 32.4. The lowest BCUT2D eigenvalue weighted by Gasteiger charge is -2.30. The third kappa shape index (κ3) is 55.7. The van der Waals surface area contributed by atoms with Crippen LogP contribution in [0.1, 0.15) is 265 Å². The highest BCUT2D eigenvalue weighted by molar-refractivity contribution is 7.45. The predicted molar refractivity (Wildman–Crippen MR) is 321 cm³/mol. The van der Waals surface area contributed by atoms with Crippen molar-refractivity contribution < 1.29 is 37.3 Å². The van der Waals surface area contributed by atoms with Gasteiger partial charge in [-0.2, -0.15) is 0 Å². The average molecular weight is 1070 g/mol. The number of quaternary nitrogens is 1. The first-order chi connectivity index (χ1) is 36.4. The molecule has 0 aliphatic carbocycles. The molecule has 0 aliphatic heterocycles. The number of hydrogen-bond donors (Lipinski definition) is 1. The van der Waals surface area contributed by atoms with Crippen molar-refractivity contribution in [3.05, 3.63) is 85.1 Å². The summed E-state index contributed by atoms with van der Waals surface area (Å²) in [5.41, 5.74) is 0. The number of phosphoric acid groups is 1. The number of rotatable bonds is 55. The summed E-state index contributed by atoms with van der Waals surface area (Å²) in [7, 11) is 1.16. The van der Waals surface area contributed by atoms with E-state index < -0.39 is 26.6 Å². The number of amides is 1. The van der Waals surface area contributed by atoms with Gasteiger partial charge in [-0.05, 0) is 102 Å². The highest BCUT2D eigenvalue weighted by Crippen LogP contribution is 2.38. The number of nitrogens with zero attached hydrogens (tertiary/aromatic N) is 1. The van der Waals surface area contributed by atoms with Crippen molar-refractivity contribution in [1.82, 2.24) is 5.32 Å². The number of likely N-dealkylation sites (N-methyl/N-ethyl adjacent to an activating group) is 1. The molecule has 0 saturated heterocycles. The second kappa shape index (κ2) is 54.5. The van der Waals surface area contributed by atoms with Gasteiger partial charge in [0.15, 0.2) is 0 Å². The topological polar surface area (TPSA) is 114 Å². The summed E-state index contributed by atoms with van der Waals surface area (Å²) in [5, 5.41) is 3.02. The van der Waals surface area contributed by atoms with Crippen LogP contribution >= 0.6 is 7.82 Å². The number of phosphoric ester groups is 1. The van der Waals surface area contributed by atoms with Gasteiger partial charge < -0.3 is 28.5 Å². The van der Waals surface area contributed by atoms with E-state index in [0.29, 0.717) is 23.9 Å². The average Bonchev–Trinajstić information content (AvgIpc) is 3.37. The van der Waals surface area contributed by atoms with Crippen LogP contribution in [0, 0.1) is 0 Å². The zero-order valence-corrected chi connectivity index (χ0v) is 50.4. The third-order valence-electron chi connectivity index (χ3n) is 13.3. The van der Waals surface area contributed by atoms with Crippen LogP contribution in [0.2, 0.25) is 0 Å². The number of carbonyl (C=O) groups excluding carboxylic acids is 2. The second-order valence-electron chi connectivity index (χ2n) is 21.8. The molecular weight excluding hydrogens is 952 g/mol. The predicted octanol–water partition coefficient (Wildman–Crippen LogP) is 18.4.